The molecule has 0 aliphatic rings. The Kier molecular flexibility index (Phi) is 3.82. The third-order valence-corrected chi connectivity index (χ3v) is 2.10. The molecule has 0 saturated heterocycles. The van der Waals surface area contributed by atoms with Crippen LogP contribution in [0.4, 0.5) is 5.82 Å². The fourth-order valence-electron chi connectivity index (χ4n) is 1.12. The number of amides is 1. The minimum absolute atomic E-state index is 0.182. The van der Waals surface area contributed by atoms with E-state index in [2.05, 4.69) is 36.3 Å². The lowest BCUT2D eigenvalue weighted by Gasteiger charge is -2.18. The van der Waals surface area contributed by atoms with Crippen molar-refractivity contribution in [3.8, 4) is 0 Å². The van der Waals surface area contributed by atoms with E-state index in [-0.39, 0.29) is 11.1 Å². The molecule has 1 heterocycles. The van der Waals surface area contributed by atoms with E-state index in [0.717, 1.165) is 13.0 Å². The van der Waals surface area contributed by atoms with Gasteiger partial charge in [-0.15, -0.1) is 10.2 Å². The Hall–Kier alpha value is -1.65. The fraction of sp³-hybridized carbons (Fsp3) is 0.545. The predicted octanol–water partition coefficient (Wildman–Crippen LogP) is 1.42. The quantitative estimate of drug-likeness (QED) is 0.807. The van der Waals surface area contributed by atoms with Crippen LogP contribution in [0, 0.1) is 5.41 Å². The van der Waals surface area contributed by atoms with Crippen molar-refractivity contribution in [2.45, 2.75) is 27.2 Å². The van der Waals surface area contributed by atoms with E-state index in [1.807, 2.05) is 0 Å². The highest BCUT2D eigenvalue weighted by molar-refractivity contribution is 5.90. The average Bonchev–Trinajstić information content (AvgIpc) is 2.16. The van der Waals surface area contributed by atoms with Gasteiger partial charge >= 0.3 is 0 Å². The van der Waals surface area contributed by atoms with Crippen molar-refractivity contribution in [1.82, 2.24) is 10.2 Å². The second-order valence-electron chi connectivity index (χ2n) is 4.91. The molecular formula is C11H18N4O. The van der Waals surface area contributed by atoms with Crippen molar-refractivity contribution in [3.05, 3.63) is 17.8 Å². The predicted molar refractivity (Wildman–Crippen MR) is 63.1 cm³/mol. The molecule has 0 aromatic carbocycles. The number of carbonyl (C=O) groups is 1. The van der Waals surface area contributed by atoms with Crippen molar-refractivity contribution in [3.63, 3.8) is 0 Å². The Morgan fingerprint density at radius 3 is 2.50 bits per heavy atom. The summed E-state index contributed by atoms with van der Waals surface area (Å²) in [5.74, 6) is 0.1000. The molecule has 5 nitrogen and oxygen atoms in total. The van der Waals surface area contributed by atoms with Crippen LogP contribution in [0.25, 0.3) is 0 Å². The Morgan fingerprint density at radius 2 is 2.06 bits per heavy atom. The van der Waals surface area contributed by atoms with Crippen LogP contribution in [0.1, 0.15) is 37.7 Å². The van der Waals surface area contributed by atoms with Gasteiger partial charge in [0.1, 0.15) is 5.82 Å². The molecule has 0 radical (unpaired) electrons. The number of anilines is 1. The first kappa shape index (κ1) is 12.4. The third kappa shape index (κ3) is 4.25. The van der Waals surface area contributed by atoms with Crippen molar-refractivity contribution >= 4 is 11.7 Å². The van der Waals surface area contributed by atoms with E-state index in [1.165, 1.54) is 0 Å². The van der Waals surface area contributed by atoms with E-state index < -0.39 is 5.91 Å². The van der Waals surface area contributed by atoms with Crippen molar-refractivity contribution in [2.75, 3.05) is 11.9 Å². The largest absolute Gasteiger partial charge is 0.369 e. The van der Waals surface area contributed by atoms with Gasteiger partial charge < -0.3 is 11.1 Å². The molecule has 0 spiro atoms. The Labute approximate surface area is 95.4 Å². The first-order valence-corrected chi connectivity index (χ1v) is 5.26. The molecule has 0 fully saturated rings. The smallest absolute Gasteiger partial charge is 0.269 e. The molecule has 0 unspecified atom stereocenters. The van der Waals surface area contributed by atoms with Crippen LogP contribution in [0.5, 0.6) is 0 Å². The van der Waals surface area contributed by atoms with Gasteiger partial charge in [0.2, 0.25) is 0 Å². The van der Waals surface area contributed by atoms with E-state index in [4.69, 9.17) is 5.73 Å². The molecule has 5 heteroatoms. The molecule has 0 saturated carbocycles. The van der Waals surface area contributed by atoms with Gasteiger partial charge in [0, 0.05) is 6.54 Å². The topological polar surface area (TPSA) is 80.9 Å². The van der Waals surface area contributed by atoms with E-state index in [0.29, 0.717) is 5.82 Å². The summed E-state index contributed by atoms with van der Waals surface area (Å²) in [4.78, 5) is 10.8. The lowest BCUT2D eigenvalue weighted by atomic mass is 9.92. The normalized spacial score (nSPS) is 11.2. The molecule has 0 bridgehead atoms. The number of primary amides is 1. The zero-order chi connectivity index (χ0) is 12.2. The number of rotatable bonds is 4. The van der Waals surface area contributed by atoms with Crippen molar-refractivity contribution in [1.29, 1.82) is 0 Å². The van der Waals surface area contributed by atoms with Crippen LogP contribution < -0.4 is 11.1 Å². The van der Waals surface area contributed by atoms with Gasteiger partial charge in [-0.25, -0.2) is 0 Å². The van der Waals surface area contributed by atoms with Crippen LogP contribution in [-0.4, -0.2) is 22.6 Å². The maximum Gasteiger partial charge on any atom is 0.269 e. The summed E-state index contributed by atoms with van der Waals surface area (Å²) in [6.07, 6.45) is 1.03. The van der Waals surface area contributed by atoms with Crippen LogP contribution in [0.15, 0.2) is 12.1 Å². The third-order valence-electron chi connectivity index (χ3n) is 2.10. The summed E-state index contributed by atoms with van der Waals surface area (Å²) in [7, 11) is 0. The minimum Gasteiger partial charge on any atom is -0.369 e. The summed E-state index contributed by atoms with van der Waals surface area (Å²) >= 11 is 0. The number of nitrogens with one attached hydrogen (secondary N) is 1. The molecule has 0 aliphatic carbocycles. The SMILES string of the molecule is CC(C)(C)CCNc1ccc(C(N)=O)nn1. The summed E-state index contributed by atoms with van der Waals surface area (Å²) in [5, 5.41) is 10.7. The molecule has 3 N–H and O–H groups in total. The highest BCUT2D eigenvalue weighted by Gasteiger charge is 2.09. The maximum absolute atomic E-state index is 10.8. The Morgan fingerprint density at radius 1 is 1.38 bits per heavy atom. The van der Waals surface area contributed by atoms with Gasteiger partial charge in [-0.05, 0) is 24.0 Å². The second-order valence-corrected chi connectivity index (χ2v) is 4.91. The van der Waals surface area contributed by atoms with E-state index in [1.54, 1.807) is 12.1 Å². The van der Waals surface area contributed by atoms with Crippen LogP contribution in [-0.2, 0) is 0 Å². The number of hydrogen-bond donors (Lipinski definition) is 2. The zero-order valence-corrected chi connectivity index (χ0v) is 9.95. The molecule has 16 heavy (non-hydrogen) atoms. The minimum atomic E-state index is -0.561. The first-order chi connectivity index (χ1) is 7.38. The molecule has 1 aromatic heterocycles. The Bertz CT molecular complexity index is 353. The first-order valence-electron chi connectivity index (χ1n) is 5.26. The van der Waals surface area contributed by atoms with E-state index >= 15 is 0 Å². The number of nitrogens with zero attached hydrogens (tertiary/aromatic N) is 2. The number of nitrogens with two attached hydrogens (primary N) is 1. The lowest BCUT2D eigenvalue weighted by Crippen LogP contribution is -2.16. The van der Waals surface area contributed by atoms with Gasteiger partial charge in [-0.2, -0.15) is 0 Å². The van der Waals surface area contributed by atoms with Gasteiger partial charge in [0.15, 0.2) is 5.69 Å². The van der Waals surface area contributed by atoms with Crippen LogP contribution >= 0.6 is 0 Å². The van der Waals surface area contributed by atoms with Crippen molar-refractivity contribution in [2.24, 2.45) is 11.1 Å². The molecule has 1 amide bonds. The molecule has 0 aliphatic heterocycles. The summed E-state index contributed by atoms with van der Waals surface area (Å²) in [6.45, 7) is 7.36. The van der Waals surface area contributed by atoms with Gasteiger partial charge in [-0.3, -0.25) is 4.79 Å². The average molecular weight is 222 g/mol. The number of aromatic nitrogens is 2. The lowest BCUT2D eigenvalue weighted by molar-refractivity contribution is 0.0994. The molecular weight excluding hydrogens is 204 g/mol. The molecule has 0 atom stereocenters. The van der Waals surface area contributed by atoms with Crippen LogP contribution in [0.3, 0.4) is 0 Å². The summed E-state index contributed by atoms with van der Waals surface area (Å²) in [5.41, 5.74) is 5.53. The van der Waals surface area contributed by atoms with Gasteiger partial charge in [-0.1, -0.05) is 20.8 Å². The summed E-state index contributed by atoms with van der Waals surface area (Å²) in [6, 6.07) is 3.27. The maximum atomic E-state index is 10.8. The Balaban J connectivity index is 2.47. The zero-order valence-electron chi connectivity index (χ0n) is 9.95. The number of hydrogen-bond acceptors (Lipinski definition) is 4. The van der Waals surface area contributed by atoms with Gasteiger partial charge in [0.05, 0.1) is 0 Å². The highest BCUT2D eigenvalue weighted by Crippen LogP contribution is 2.17. The number of carbonyl (C=O) groups excluding carboxylic acids is 1. The fourth-order valence-corrected chi connectivity index (χ4v) is 1.12. The van der Waals surface area contributed by atoms with Gasteiger partial charge in [0.25, 0.3) is 5.91 Å². The second kappa shape index (κ2) is 4.92. The standard InChI is InChI=1S/C11H18N4O/c1-11(2,3)6-7-13-9-5-4-8(10(12)16)14-15-9/h4-5H,6-7H2,1-3H3,(H2,12,16)(H,13,15). The van der Waals surface area contributed by atoms with Crippen LogP contribution in [0.2, 0.25) is 0 Å². The van der Waals surface area contributed by atoms with Crippen molar-refractivity contribution < 1.29 is 4.79 Å². The summed E-state index contributed by atoms with van der Waals surface area (Å²) < 4.78 is 0. The molecule has 88 valence electrons. The highest BCUT2D eigenvalue weighted by atomic mass is 16.1. The van der Waals surface area contributed by atoms with E-state index in [9.17, 15) is 4.79 Å². The molecule has 1 rings (SSSR count). The molecule has 1 aromatic rings. The monoisotopic (exact) mass is 222 g/mol.